The van der Waals surface area contributed by atoms with Crippen molar-refractivity contribution in [2.75, 3.05) is 25.5 Å². The lowest BCUT2D eigenvalue weighted by Crippen LogP contribution is -2.12. The van der Waals surface area contributed by atoms with E-state index in [1.54, 1.807) is 0 Å². The van der Waals surface area contributed by atoms with Gasteiger partial charge in [0.25, 0.3) is 0 Å². The van der Waals surface area contributed by atoms with Gasteiger partial charge in [0.05, 0.1) is 5.69 Å². The van der Waals surface area contributed by atoms with Gasteiger partial charge in [0.1, 0.15) is 5.82 Å². The van der Waals surface area contributed by atoms with E-state index in [1.807, 2.05) is 19.0 Å². The zero-order valence-electron chi connectivity index (χ0n) is 8.25. The summed E-state index contributed by atoms with van der Waals surface area (Å²) in [6, 6.07) is 2.15. The number of aromatic nitrogens is 2. The SMILES string of the molecule is CN(C)c1cc2n(n1)CCCNC2. The van der Waals surface area contributed by atoms with Gasteiger partial charge in [0, 0.05) is 33.3 Å². The van der Waals surface area contributed by atoms with E-state index in [0.717, 1.165) is 25.5 Å². The van der Waals surface area contributed by atoms with Gasteiger partial charge in [0.15, 0.2) is 0 Å². The van der Waals surface area contributed by atoms with Crippen molar-refractivity contribution in [1.82, 2.24) is 15.1 Å². The molecule has 2 rings (SSSR count). The van der Waals surface area contributed by atoms with Gasteiger partial charge in [-0.1, -0.05) is 0 Å². The molecule has 0 spiro atoms. The first kappa shape index (κ1) is 8.56. The van der Waals surface area contributed by atoms with E-state index in [1.165, 1.54) is 12.1 Å². The minimum Gasteiger partial charge on any atom is -0.361 e. The van der Waals surface area contributed by atoms with Gasteiger partial charge in [-0.25, -0.2) is 0 Å². The van der Waals surface area contributed by atoms with Crippen LogP contribution in [0.4, 0.5) is 5.82 Å². The zero-order valence-corrected chi connectivity index (χ0v) is 8.25. The molecule has 1 aromatic rings. The molecule has 0 aliphatic carbocycles. The molecule has 0 unspecified atom stereocenters. The Morgan fingerprint density at radius 2 is 2.38 bits per heavy atom. The fraction of sp³-hybridized carbons (Fsp3) is 0.667. The minimum atomic E-state index is 0.945. The standard InChI is InChI=1S/C9H16N4/c1-12(2)9-6-8-7-10-4-3-5-13(8)11-9/h6,10H,3-5,7H2,1-2H3. The van der Waals surface area contributed by atoms with E-state index in [9.17, 15) is 0 Å². The van der Waals surface area contributed by atoms with Crippen molar-refractivity contribution in [3.63, 3.8) is 0 Å². The van der Waals surface area contributed by atoms with Gasteiger partial charge in [-0.05, 0) is 13.0 Å². The maximum absolute atomic E-state index is 4.51. The maximum Gasteiger partial charge on any atom is 0.150 e. The molecule has 2 heterocycles. The van der Waals surface area contributed by atoms with Crippen LogP contribution in [0.15, 0.2) is 6.07 Å². The van der Waals surface area contributed by atoms with Crippen LogP contribution in [0.5, 0.6) is 0 Å². The Balaban J connectivity index is 2.27. The van der Waals surface area contributed by atoms with Gasteiger partial charge in [-0.3, -0.25) is 4.68 Å². The summed E-state index contributed by atoms with van der Waals surface area (Å²) in [6.45, 7) is 3.08. The third-order valence-corrected chi connectivity index (χ3v) is 2.34. The summed E-state index contributed by atoms with van der Waals surface area (Å²) in [6.07, 6.45) is 1.17. The Morgan fingerprint density at radius 1 is 1.54 bits per heavy atom. The number of nitrogens with one attached hydrogen (secondary N) is 1. The highest BCUT2D eigenvalue weighted by molar-refractivity contribution is 5.37. The Kier molecular flexibility index (Phi) is 2.22. The van der Waals surface area contributed by atoms with Crippen molar-refractivity contribution in [1.29, 1.82) is 0 Å². The highest BCUT2D eigenvalue weighted by atomic mass is 15.3. The second kappa shape index (κ2) is 3.38. The van der Waals surface area contributed by atoms with Gasteiger partial charge in [-0.15, -0.1) is 0 Å². The molecule has 0 fully saturated rings. The molecule has 0 aromatic carbocycles. The fourth-order valence-electron chi connectivity index (χ4n) is 1.57. The predicted octanol–water partition coefficient (Wildman–Crippen LogP) is 0.442. The van der Waals surface area contributed by atoms with Crippen molar-refractivity contribution < 1.29 is 0 Å². The molecule has 1 aromatic heterocycles. The van der Waals surface area contributed by atoms with Crippen LogP contribution in [0, 0.1) is 0 Å². The molecule has 1 aliphatic heterocycles. The topological polar surface area (TPSA) is 33.1 Å². The third-order valence-electron chi connectivity index (χ3n) is 2.34. The van der Waals surface area contributed by atoms with Crippen LogP contribution in [0.3, 0.4) is 0 Å². The van der Waals surface area contributed by atoms with Crippen molar-refractivity contribution in [2.24, 2.45) is 0 Å². The molecule has 0 saturated heterocycles. The van der Waals surface area contributed by atoms with Crippen LogP contribution in [0.1, 0.15) is 12.1 Å². The fourth-order valence-corrected chi connectivity index (χ4v) is 1.57. The minimum absolute atomic E-state index is 0.945. The molecule has 1 aliphatic rings. The molecule has 0 saturated carbocycles. The first-order valence-corrected chi connectivity index (χ1v) is 4.72. The highest BCUT2D eigenvalue weighted by Crippen LogP contribution is 2.13. The van der Waals surface area contributed by atoms with Crippen molar-refractivity contribution >= 4 is 5.82 Å². The van der Waals surface area contributed by atoms with Crippen molar-refractivity contribution in [3.05, 3.63) is 11.8 Å². The van der Waals surface area contributed by atoms with Crippen LogP contribution in [-0.2, 0) is 13.1 Å². The second-order valence-electron chi connectivity index (χ2n) is 3.64. The number of anilines is 1. The molecule has 13 heavy (non-hydrogen) atoms. The monoisotopic (exact) mass is 180 g/mol. The highest BCUT2D eigenvalue weighted by Gasteiger charge is 2.10. The number of nitrogens with zero attached hydrogens (tertiary/aromatic N) is 3. The molecule has 0 radical (unpaired) electrons. The van der Waals surface area contributed by atoms with E-state index in [2.05, 4.69) is 21.2 Å². The van der Waals surface area contributed by atoms with Crippen LogP contribution < -0.4 is 10.2 Å². The predicted molar refractivity (Wildman–Crippen MR) is 52.9 cm³/mol. The van der Waals surface area contributed by atoms with Crippen LogP contribution in [0.25, 0.3) is 0 Å². The summed E-state index contributed by atoms with van der Waals surface area (Å²) in [4.78, 5) is 2.04. The summed E-state index contributed by atoms with van der Waals surface area (Å²) in [5.74, 6) is 1.05. The maximum atomic E-state index is 4.51. The second-order valence-corrected chi connectivity index (χ2v) is 3.64. The molecule has 4 heteroatoms. The molecule has 72 valence electrons. The Bertz CT molecular complexity index is 266. The summed E-state index contributed by atoms with van der Waals surface area (Å²) in [5, 5.41) is 7.89. The normalized spacial score (nSPS) is 16.5. The van der Waals surface area contributed by atoms with E-state index < -0.39 is 0 Å². The Labute approximate surface area is 78.5 Å². The quantitative estimate of drug-likeness (QED) is 0.681. The number of rotatable bonds is 1. The Hall–Kier alpha value is -1.03. The lowest BCUT2D eigenvalue weighted by atomic mass is 10.4. The molecule has 0 bridgehead atoms. The number of fused-ring (bicyclic) bond motifs is 1. The van der Waals surface area contributed by atoms with Crippen molar-refractivity contribution in [3.8, 4) is 0 Å². The van der Waals surface area contributed by atoms with E-state index in [-0.39, 0.29) is 0 Å². The average molecular weight is 180 g/mol. The van der Waals surface area contributed by atoms with Gasteiger partial charge in [-0.2, -0.15) is 5.10 Å². The van der Waals surface area contributed by atoms with E-state index in [4.69, 9.17) is 0 Å². The van der Waals surface area contributed by atoms with Crippen LogP contribution in [-0.4, -0.2) is 30.4 Å². The lowest BCUT2D eigenvalue weighted by molar-refractivity contribution is 0.587. The van der Waals surface area contributed by atoms with Gasteiger partial charge < -0.3 is 10.2 Å². The summed E-state index contributed by atoms with van der Waals surface area (Å²) in [5.41, 5.74) is 1.29. The molecule has 4 nitrogen and oxygen atoms in total. The number of hydrogen-bond acceptors (Lipinski definition) is 3. The van der Waals surface area contributed by atoms with Gasteiger partial charge >= 0.3 is 0 Å². The van der Waals surface area contributed by atoms with E-state index >= 15 is 0 Å². The smallest absolute Gasteiger partial charge is 0.150 e. The molecule has 0 atom stereocenters. The van der Waals surface area contributed by atoms with Crippen LogP contribution in [0.2, 0.25) is 0 Å². The molecule has 1 N–H and O–H groups in total. The van der Waals surface area contributed by atoms with Crippen LogP contribution >= 0.6 is 0 Å². The largest absolute Gasteiger partial charge is 0.361 e. The summed E-state index contributed by atoms with van der Waals surface area (Å²) in [7, 11) is 4.05. The lowest BCUT2D eigenvalue weighted by Gasteiger charge is -2.06. The summed E-state index contributed by atoms with van der Waals surface area (Å²) < 4.78 is 2.11. The van der Waals surface area contributed by atoms with Gasteiger partial charge in [0.2, 0.25) is 0 Å². The first-order valence-electron chi connectivity index (χ1n) is 4.72. The first-order chi connectivity index (χ1) is 6.27. The Morgan fingerprint density at radius 3 is 3.15 bits per heavy atom. The average Bonchev–Trinajstić information content (AvgIpc) is 2.38. The van der Waals surface area contributed by atoms with Crippen molar-refractivity contribution in [2.45, 2.75) is 19.5 Å². The third kappa shape index (κ3) is 1.67. The zero-order chi connectivity index (χ0) is 9.26. The summed E-state index contributed by atoms with van der Waals surface area (Å²) >= 11 is 0. The number of hydrogen-bond donors (Lipinski definition) is 1. The number of aryl methyl sites for hydroxylation is 1. The van der Waals surface area contributed by atoms with E-state index in [0.29, 0.717) is 0 Å². The molecular formula is C9H16N4. The molecular weight excluding hydrogens is 164 g/mol. The molecule has 0 amide bonds.